The second-order valence-corrected chi connectivity index (χ2v) is 10.6. The molecule has 1 aliphatic rings. The normalized spacial score (nSPS) is 13.9. The number of nitrogens with one attached hydrogen (secondary N) is 1. The summed E-state index contributed by atoms with van der Waals surface area (Å²) in [6, 6.07) is 14.7. The Bertz CT molecular complexity index is 1700. The second-order valence-electron chi connectivity index (χ2n) is 9.66. The molecule has 0 spiro atoms. The van der Waals surface area contributed by atoms with Gasteiger partial charge in [-0.25, -0.2) is 9.37 Å². The zero-order valence-corrected chi connectivity index (χ0v) is 23.3. The van der Waals surface area contributed by atoms with Crippen molar-refractivity contribution in [3.8, 4) is 5.75 Å². The van der Waals surface area contributed by atoms with E-state index in [2.05, 4.69) is 26.3 Å². The van der Waals surface area contributed by atoms with Crippen molar-refractivity contribution in [3.63, 3.8) is 0 Å². The number of rotatable bonds is 8. The van der Waals surface area contributed by atoms with E-state index in [1.807, 2.05) is 6.07 Å². The van der Waals surface area contributed by atoms with E-state index in [0.717, 1.165) is 36.6 Å². The number of nitro groups is 1. The van der Waals surface area contributed by atoms with Crippen LogP contribution >= 0.6 is 15.9 Å². The molecule has 4 aromatic rings. The van der Waals surface area contributed by atoms with Crippen LogP contribution in [0.5, 0.6) is 5.75 Å². The molecule has 1 saturated carbocycles. The first-order valence-electron chi connectivity index (χ1n) is 13.0. The van der Waals surface area contributed by atoms with Crippen molar-refractivity contribution in [2.45, 2.75) is 38.0 Å². The van der Waals surface area contributed by atoms with Gasteiger partial charge in [0.15, 0.2) is 12.4 Å². The van der Waals surface area contributed by atoms with E-state index in [9.17, 15) is 24.1 Å². The fourth-order valence-electron chi connectivity index (χ4n) is 4.78. The summed E-state index contributed by atoms with van der Waals surface area (Å²) in [6.45, 7) is -0.496. The van der Waals surface area contributed by atoms with Crippen molar-refractivity contribution >= 4 is 50.3 Å². The number of halogens is 2. The number of ether oxygens (including phenoxy) is 1. The molecule has 1 N–H and O–H groups in total. The Morgan fingerprint density at radius 3 is 2.63 bits per heavy atom. The molecular formula is C29H25BrFN5O5. The first-order chi connectivity index (χ1) is 19.8. The number of carbonyl (C=O) groups is 1. The lowest BCUT2D eigenvalue weighted by atomic mass is 9.88. The quantitative estimate of drug-likeness (QED) is 0.143. The molecule has 5 rings (SSSR count). The average molecular weight is 622 g/mol. The minimum absolute atomic E-state index is 0.0767. The van der Waals surface area contributed by atoms with Gasteiger partial charge in [0, 0.05) is 27.7 Å². The number of hydrogen-bond donors (Lipinski definition) is 1. The lowest BCUT2D eigenvalue weighted by Crippen LogP contribution is -2.25. The molecule has 0 atom stereocenters. The molecule has 3 aromatic carbocycles. The third-order valence-corrected chi connectivity index (χ3v) is 7.29. The third-order valence-electron chi connectivity index (χ3n) is 6.79. The van der Waals surface area contributed by atoms with Crippen LogP contribution in [0.3, 0.4) is 0 Å². The second kappa shape index (κ2) is 12.4. The predicted octanol–water partition coefficient (Wildman–Crippen LogP) is 6.15. The zero-order chi connectivity index (χ0) is 28.9. The number of amides is 1. The fourth-order valence-corrected chi connectivity index (χ4v) is 5.14. The molecule has 0 bridgehead atoms. The highest BCUT2D eigenvalue weighted by molar-refractivity contribution is 9.10. The number of benzene rings is 3. The van der Waals surface area contributed by atoms with Crippen LogP contribution in [0.25, 0.3) is 10.9 Å². The zero-order valence-electron chi connectivity index (χ0n) is 21.8. The summed E-state index contributed by atoms with van der Waals surface area (Å²) >= 11 is 3.40. The van der Waals surface area contributed by atoms with Crippen molar-refractivity contribution in [2.24, 2.45) is 5.10 Å². The van der Waals surface area contributed by atoms with Gasteiger partial charge in [-0.3, -0.25) is 19.7 Å². The Hall–Kier alpha value is -4.45. The molecule has 10 nitrogen and oxygen atoms in total. The largest absolute Gasteiger partial charge is 0.477 e. The molecule has 1 aromatic heterocycles. The number of hydrogen-bond acceptors (Lipinski definition) is 7. The molecule has 1 aliphatic carbocycles. The summed E-state index contributed by atoms with van der Waals surface area (Å²) in [5, 5.41) is 19.2. The van der Waals surface area contributed by atoms with Crippen LogP contribution in [0, 0.1) is 15.9 Å². The Labute approximate surface area is 242 Å². The van der Waals surface area contributed by atoms with Gasteiger partial charge in [0.2, 0.25) is 0 Å². The molecule has 1 heterocycles. The molecule has 0 radical (unpaired) electrons. The monoisotopic (exact) mass is 621 g/mol. The standard InChI is InChI=1S/C29H25BrFN5O5/c30-20-7-12-24-23(15-20)29(38)35(28(34-24)19-4-2-1-3-5-19)32-16-18-6-13-26(25(14-18)36(39)40)41-17-27(37)33-22-10-8-21(31)9-11-22/h6-16,19H,1-5,17H2,(H,33,37). The van der Waals surface area contributed by atoms with E-state index in [1.165, 1.54) is 47.3 Å². The highest BCUT2D eigenvalue weighted by Crippen LogP contribution is 2.32. The summed E-state index contributed by atoms with van der Waals surface area (Å²) in [7, 11) is 0. The molecule has 0 unspecified atom stereocenters. The van der Waals surface area contributed by atoms with Crippen LogP contribution in [-0.2, 0) is 4.79 Å². The van der Waals surface area contributed by atoms with Gasteiger partial charge in [-0.1, -0.05) is 35.2 Å². The molecular weight excluding hydrogens is 597 g/mol. The highest BCUT2D eigenvalue weighted by atomic mass is 79.9. The van der Waals surface area contributed by atoms with Gasteiger partial charge in [0.25, 0.3) is 11.5 Å². The molecule has 0 aliphatic heterocycles. The van der Waals surface area contributed by atoms with Crippen molar-refractivity contribution in [1.29, 1.82) is 0 Å². The topological polar surface area (TPSA) is 129 Å². The summed E-state index contributed by atoms with van der Waals surface area (Å²) < 4.78 is 20.5. The lowest BCUT2D eigenvalue weighted by Gasteiger charge is -2.22. The summed E-state index contributed by atoms with van der Waals surface area (Å²) in [4.78, 5) is 41.7. The lowest BCUT2D eigenvalue weighted by molar-refractivity contribution is -0.385. The van der Waals surface area contributed by atoms with Crippen LogP contribution in [0.15, 0.2) is 75.0 Å². The van der Waals surface area contributed by atoms with Crippen molar-refractivity contribution in [1.82, 2.24) is 9.66 Å². The van der Waals surface area contributed by atoms with Crippen LogP contribution in [0.1, 0.15) is 49.4 Å². The number of nitro benzene ring substituents is 1. The molecule has 1 fully saturated rings. The smallest absolute Gasteiger partial charge is 0.311 e. The van der Waals surface area contributed by atoms with E-state index >= 15 is 0 Å². The highest BCUT2D eigenvalue weighted by Gasteiger charge is 2.23. The molecule has 12 heteroatoms. The number of fused-ring (bicyclic) bond motifs is 1. The maximum Gasteiger partial charge on any atom is 0.311 e. The molecule has 0 saturated heterocycles. The maximum atomic E-state index is 13.5. The minimum Gasteiger partial charge on any atom is -0.477 e. The van der Waals surface area contributed by atoms with E-state index < -0.39 is 23.3 Å². The number of aromatic nitrogens is 2. The Kier molecular flexibility index (Phi) is 8.48. The Morgan fingerprint density at radius 1 is 1.15 bits per heavy atom. The van der Waals surface area contributed by atoms with Gasteiger partial charge < -0.3 is 10.1 Å². The number of anilines is 1. The third kappa shape index (κ3) is 6.65. The van der Waals surface area contributed by atoms with E-state index in [4.69, 9.17) is 9.72 Å². The van der Waals surface area contributed by atoms with Gasteiger partial charge in [0.05, 0.1) is 22.0 Å². The summed E-state index contributed by atoms with van der Waals surface area (Å²) in [5.74, 6) is -0.478. The first-order valence-corrected chi connectivity index (χ1v) is 13.8. The van der Waals surface area contributed by atoms with Crippen molar-refractivity contribution < 1.29 is 18.8 Å². The van der Waals surface area contributed by atoms with Gasteiger partial charge >= 0.3 is 5.69 Å². The van der Waals surface area contributed by atoms with Crippen LogP contribution in [0.4, 0.5) is 15.8 Å². The summed E-state index contributed by atoms with van der Waals surface area (Å²) in [5.41, 5.74) is 0.611. The Balaban J connectivity index is 1.40. The van der Waals surface area contributed by atoms with Crippen molar-refractivity contribution in [3.05, 3.63) is 103 Å². The van der Waals surface area contributed by atoms with Gasteiger partial charge in [-0.15, -0.1) is 0 Å². The SMILES string of the molecule is O=C(COc1ccc(C=Nn2c(C3CCCCC3)nc3ccc(Br)cc3c2=O)cc1[N+](=O)[O-])Nc1ccc(F)cc1. The summed E-state index contributed by atoms with van der Waals surface area (Å²) in [6.07, 6.45) is 6.39. The first kappa shape index (κ1) is 28.1. The number of nitrogens with zero attached hydrogens (tertiary/aromatic N) is 4. The minimum atomic E-state index is -0.626. The van der Waals surface area contributed by atoms with Gasteiger partial charge in [-0.05, 0) is 67.4 Å². The van der Waals surface area contributed by atoms with E-state index in [1.54, 1.807) is 18.2 Å². The van der Waals surface area contributed by atoms with E-state index in [-0.39, 0.29) is 22.9 Å². The predicted molar refractivity (Wildman–Crippen MR) is 156 cm³/mol. The fraction of sp³-hybridized carbons (Fsp3) is 0.241. The van der Waals surface area contributed by atoms with Gasteiger partial charge in [0.1, 0.15) is 11.6 Å². The van der Waals surface area contributed by atoms with Crippen LogP contribution < -0.4 is 15.6 Å². The number of carbonyl (C=O) groups excluding carboxylic acids is 1. The van der Waals surface area contributed by atoms with Gasteiger partial charge in [-0.2, -0.15) is 9.78 Å². The van der Waals surface area contributed by atoms with Crippen molar-refractivity contribution in [2.75, 3.05) is 11.9 Å². The Morgan fingerprint density at radius 2 is 1.90 bits per heavy atom. The van der Waals surface area contributed by atoms with Crippen LogP contribution in [-0.4, -0.2) is 33.3 Å². The maximum absolute atomic E-state index is 13.5. The average Bonchev–Trinajstić information content (AvgIpc) is 2.97. The van der Waals surface area contributed by atoms with E-state index in [0.29, 0.717) is 28.0 Å². The molecule has 1 amide bonds. The molecule has 210 valence electrons. The van der Waals surface area contributed by atoms with Crippen LogP contribution in [0.2, 0.25) is 0 Å². The molecule has 41 heavy (non-hydrogen) atoms.